The molecule has 0 aliphatic heterocycles. The van der Waals surface area contributed by atoms with Crippen LogP contribution in [0.25, 0.3) is 6.08 Å². The number of aliphatic hydroxyl groups excluding tert-OH is 1. The van der Waals surface area contributed by atoms with Gasteiger partial charge in [-0.3, -0.25) is 0 Å². The van der Waals surface area contributed by atoms with Crippen molar-refractivity contribution in [3.63, 3.8) is 0 Å². The lowest BCUT2D eigenvalue weighted by Gasteiger charge is -2.08. The van der Waals surface area contributed by atoms with Gasteiger partial charge in [-0.05, 0) is 36.8 Å². The molecule has 0 unspecified atom stereocenters. The molecule has 2 aromatic rings. The van der Waals surface area contributed by atoms with Gasteiger partial charge in [-0.15, -0.1) is 0 Å². The van der Waals surface area contributed by atoms with E-state index < -0.39 is 0 Å². The van der Waals surface area contributed by atoms with Crippen LogP contribution in [0, 0.1) is 0 Å². The molecule has 0 saturated carbocycles. The maximum atomic E-state index is 9.97. The van der Waals surface area contributed by atoms with Crippen LogP contribution in [0.1, 0.15) is 30.4 Å². The van der Waals surface area contributed by atoms with Crippen LogP contribution < -0.4 is 0 Å². The molecule has 0 heterocycles. The van der Waals surface area contributed by atoms with Crippen molar-refractivity contribution in [2.75, 3.05) is 0 Å². The first-order valence-corrected chi connectivity index (χ1v) is 7.28. The minimum absolute atomic E-state index is 0.212. The first-order valence-electron chi connectivity index (χ1n) is 7.28. The maximum Gasteiger partial charge on any atom is 0.0546 e. The first-order chi connectivity index (χ1) is 9.84. The minimum atomic E-state index is -0.212. The van der Waals surface area contributed by atoms with Crippen molar-refractivity contribution in [2.45, 2.75) is 31.8 Å². The maximum absolute atomic E-state index is 9.97. The van der Waals surface area contributed by atoms with Crippen LogP contribution in [0.5, 0.6) is 0 Å². The molecule has 1 nitrogen and oxygen atoms in total. The second-order valence-electron chi connectivity index (χ2n) is 5.07. The fourth-order valence-electron chi connectivity index (χ4n) is 2.19. The van der Waals surface area contributed by atoms with E-state index in [2.05, 4.69) is 36.4 Å². The Labute approximate surface area is 121 Å². The second kappa shape index (κ2) is 8.34. The van der Waals surface area contributed by atoms with Crippen LogP contribution in [0.2, 0.25) is 0 Å². The van der Waals surface area contributed by atoms with E-state index in [4.69, 9.17) is 0 Å². The summed E-state index contributed by atoms with van der Waals surface area (Å²) in [5.41, 5.74) is 2.51. The summed E-state index contributed by atoms with van der Waals surface area (Å²) in [4.78, 5) is 0. The number of hydrogen-bond donors (Lipinski definition) is 1. The topological polar surface area (TPSA) is 20.2 Å². The molecule has 0 amide bonds. The second-order valence-corrected chi connectivity index (χ2v) is 5.07. The number of allylic oxidation sites excluding steroid dienone is 1. The van der Waals surface area contributed by atoms with Crippen molar-refractivity contribution in [1.29, 1.82) is 0 Å². The van der Waals surface area contributed by atoms with Crippen LogP contribution in [0.3, 0.4) is 0 Å². The summed E-state index contributed by atoms with van der Waals surface area (Å²) in [6.07, 6.45) is 7.58. The van der Waals surface area contributed by atoms with E-state index in [-0.39, 0.29) is 6.10 Å². The third-order valence-corrected chi connectivity index (χ3v) is 3.39. The van der Waals surface area contributed by atoms with Gasteiger partial charge in [-0.2, -0.15) is 0 Å². The van der Waals surface area contributed by atoms with Crippen LogP contribution in [0.4, 0.5) is 0 Å². The zero-order valence-corrected chi connectivity index (χ0v) is 11.8. The number of hydrogen-bond acceptors (Lipinski definition) is 1. The van der Waals surface area contributed by atoms with E-state index in [9.17, 15) is 5.11 Å². The quantitative estimate of drug-likeness (QED) is 0.783. The third kappa shape index (κ3) is 5.41. The predicted octanol–water partition coefficient (Wildman–Crippen LogP) is 4.47. The summed E-state index contributed by atoms with van der Waals surface area (Å²) < 4.78 is 0. The van der Waals surface area contributed by atoms with Crippen molar-refractivity contribution in [3.8, 4) is 0 Å². The predicted molar refractivity (Wildman–Crippen MR) is 85.5 cm³/mol. The lowest BCUT2D eigenvalue weighted by Crippen LogP contribution is -2.07. The highest BCUT2D eigenvalue weighted by Gasteiger charge is 2.03. The standard InChI is InChI=1S/C19H22O/c20-19(16-15-18-11-5-2-6-12-18)14-8-7-13-17-9-3-1-4-10-17/h1-7,9-13,19-20H,8,14-16H2/b13-7+/t19-/m1/s1. The zero-order chi connectivity index (χ0) is 14.0. The van der Waals surface area contributed by atoms with Gasteiger partial charge in [0.25, 0.3) is 0 Å². The van der Waals surface area contributed by atoms with Crippen LogP contribution in [-0.4, -0.2) is 11.2 Å². The molecular formula is C19H22O. The molecule has 0 aliphatic rings. The lowest BCUT2D eigenvalue weighted by molar-refractivity contribution is 0.156. The average molecular weight is 266 g/mol. The summed E-state index contributed by atoms with van der Waals surface area (Å²) in [5, 5.41) is 9.97. The summed E-state index contributed by atoms with van der Waals surface area (Å²) in [6.45, 7) is 0. The Hall–Kier alpha value is -1.86. The Kier molecular flexibility index (Phi) is 6.07. The zero-order valence-electron chi connectivity index (χ0n) is 11.8. The van der Waals surface area contributed by atoms with Gasteiger partial charge in [-0.1, -0.05) is 72.8 Å². The molecule has 0 aliphatic carbocycles. The highest BCUT2D eigenvalue weighted by Crippen LogP contribution is 2.10. The summed E-state index contributed by atoms with van der Waals surface area (Å²) >= 11 is 0. The van der Waals surface area contributed by atoms with Gasteiger partial charge in [-0.25, -0.2) is 0 Å². The van der Waals surface area contributed by atoms with Crippen molar-refractivity contribution in [3.05, 3.63) is 77.9 Å². The van der Waals surface area contributed by atoms with E-state index in [0.717, 1.165) is 25.7 Å². The van der Waals surface area contributed by atoms with Gasteiger partial charge in [0.15, 0.2) is 0 Å². The number of benzene rings is 2. The van der Waals surface area contributed by atoms with E-state index in [1.807, 2.05) is 36.4 Å². The van der Waals surface area contributed by atoms with Gasteiger partial charge in [0.1, 0.15) is 0 Å². The van der Waals surface area contributed by atoms with E-state index >= 15 is 0 Å². The van der Waals surface area contributed by atoms with Crippen molar-refractivity contribution >= 4 is 6.08 Å². The van der Waals surface area contributed by atoms with E-state index in [1.54, 1.807) is 0 Å². The number of rotatable bonds is 7. The molecule has 1 heteroatoms. The molecule has 1 N–H and O–H groups in total. The molecule has 0 saturated heterocycles. The highest BCUT2D eigenvalue weighted by molar-refractivity contribution is 5.48. The smallest absolute Gasteiger partial charge is 0.0546 e. The Morgan fingerprint density at radius 3 is 2.20 bits per heavy atom. The fraction of sp³-hybridized carbons (Fsp3) is 0.263. The van der Waals surface area contributed by atoms with Crippen molar-refractivity contribution < 1.29 is 5.11 Å². The van der Waals surface area contributed by atoms with Gasteiger partial charge >= 0.3 is 0 Å². The highest BCUT2D eigenvalue weighted by atomic mass is 16.3. The van der Waals surface area contributed by atoms with E-state index in [1.165, 1.54) is 11.1 Å². The average Bonchev–Trinajstić information content (AvgIpc) is 2.52. The van der Waals surface area contributed by atoms with Crippen molar-refractivity contribution in [2.24, 2.45) is 0 Å². The summed E-state index contributed by atoms with van der Waals surface area (Å²) in [5.74, 6) is 0. The van der Waals surface area contributed by atoms with Gasteiger partial charge < -0.3 is 5.11 Å². The normalized spacial score (nSPS) is 12.7. The van der Waals surface area contributed by atoms with Crippen LogP contribution in [0.15, 0.2) is 66.7 Å². The number of aliphatic hydroxyl groups is 1. The molecule has 0 aromatic heterocycles. The summed E-state index contributed by atoms with van der Waals surface area (Å²) in [7, 11) is 0. The Morgan fingerprint density at radius 1 is 0.850 bits per heavy atom. The molecule has 104 valence electrons. The minimum Gasteiger partial charge on any atom is -0.393 e. The third-order valence-electron chi connectivity index (χ3n) is 3.39. The van der Waals surface area contributed by atoms with Crippen LogP contribution in [-0.2, 0) is 6.42 Å². The van der Waals surface area contributed by atoms with E-state index in [0.29, 0.717) is 0 Å². The fourth-order valence-corrected chi connectivity index (χ4v) is 2.19. The number of aryl methyl sites for hydroxylation is 1. The SMILES string of the molecule is O[C@H](CC/C=C/c1ccccc1)CCc1ccccc1. The Bertz CT molecular complexity index is 502. The molecule has 20 heavy (non-hydrogen) atoms. The molecule has 0 fully saturated rings. The molecule has 2 aromatic carbocycles. The summed E-state index contributed by atoms with van der Waals surface area (Å²) in [6, 6.07) is 20.6. The monoisotopic (exact) mass is 266 g/mol. The van der Waals surface area contributed by atoms with Crippen LogP contribution >= 0.6 is 0 Å². The first kappa shape index (κ1) is 14.5. The molecular weight excluding hydrogens is 244 g/mol. The van der Waals surface area contributed by atoms with Gasteiger partial charge in [0.2, 0.25) is 0 Å². The molecule has 0 bridgehead atoms. The van der Waals surface area contributed by atoms with Crippen molar-refractivity contribution in [1.82, 2.24) is 0 Å². The largest absolute Gasteiger partial charge is 0.393 e. The van der Waals surface area contributed by atoms with Gasteiger partial charge in [0, 0.05) is 0 Å². The molecule has 1 atom stereocenters. The molecule has 2 rings (SSSR count). The Morgan fingerprint density at radius 2 is 1.50 bits per heavy atom. The lowest BCUT2D eigenvalue weighted by atomic mass is 10.0. The molecule has 0 radical (unpaired) electrons. The Balaban J connectivity index is 1.65. The molecule has 0 spiro atoms. The van der Waals surface area contributed by atoms with Gasteiger partial charge in [0.05, 0.1) is 6.10 Å².